The van der Waals surface area contributed by atoms with E-state index >= 15 is 0 Å². The fraction of sp³-hybridized carbons (Fsp3) is 0.125. The number of benzene rings is 2. The summed E-state index contributed by atoms with van der Waals surface area (Å²) in [6.45, 7) is 1.41. The fourth-order valence-electron chi connectivity index (χ4n) is 1.89. The number of ether oxygens (including phenoxy) is 1. The van der Waals surface area contributed by atoms with Crippen LogP contribution in [0.4, 0.5) is 17.1 Å². The predicted octanol–water partition coefficient (Wildman–Crippen LogP) is 2.36. The molecule has 1 atom stereocenters. The number of non-ortho nitro benzene ring substituents is 1. The summed E-state index contributed by atoms with van der Waals surface area (Å²) in [4.78, 5) is 34.1. The van der Waals surface area contributed by atoms with E-state index in [1.54, 1.807) is 30.3 Å². The van der Waals surface area contributed by atoms with Gasteiger partial charge in [-0.3, -0.25) is 14.9 Å². The van der Waals surface area contributed by atoms with Crippen molar-refractivity contribution in [3.63, 3.8) is 0 Å². The van der Waals surface area contributed by atoms with Crippen LogP contribution >= 0.6 is 0 Å². The summed E-state index contributed by atoms with van der Waals surface area (Å²) in [5.74, 6) is -1.34. The number of hydrogen-bond acceptors (Lipinski definition) is 6. The molecule has 0 bridgehead atoms. The molecule has 0 aliphatic heterocycles. The molecule has 0 fully saturated rings. The molecule has 2 rings (SSSR count). The van der Waals surface area contributed by atoms with Gasteiger partial charge < -0.3 is 15.8 Å². The number of carbonyl (C=O) groups excluding carboxylic acids is 2. The topological polar surface area (TPSA) is 125 Å². The molecule has 0 heterocycles. The van der Waals surface area contributed by atoms with Gasteiger partial charge in [0, 0.05) is 17.8 Å². The number of hydrogen-bond donors (Lipinski definition) is 2. The molecule has 124 valence electrons. The summed E-state index contributed by atoms with van der Waals surface area (Å²) in [6.07, 6.45) is -1.06. The third-order valence-corrected chi connectivity index (χ3v) is 3.16. The summed E-state index contributed by atoms with van der Waals surface area (Å²) in [5, 5.41) is 13.3. The summed E-state index contributed by atoms with van der Waals surface area (Å²) in [6, 6.07) is 12.1. The van der Waals surface area contributed by atoms with Crippen molar-refractivity contribution in [1.29, 1.82) is 0 Å². The Balaban J connectivity index is 2.03. The van der Waals surface area contributed by atoms with E-state index in [1.165, 1.54) is 13.0 Å². The van der Waals surface area contributed by atoms with Crippen LogP contribution in [0.5, 0.6) is 0 Å². The van der Waals surface area contributed by atoms with Gasteiger partial charge in [-0.2, -0.15) is 0 Å². The molecule has 8 nitrogen and oxygen atoms in total. The second-order valence-corrected chi connectivity index (χ2v) is 4.93. The van der Waals surface area contributed by atoms with Gasteiger partial charge in [-0.1, -0.05) is 18.2 Å². The quantitative estimate of drug-likeness (QED) is 0.375. The average molecular weight is 329 g/mol. The number of rotatable bonds is 5. The van der Waals surface area contributed by atoms with E-state index in [2.05, 4.69) is 5.32 Å². The van der Waals surface area contributed by atoms with E-state index in [0.29, 0.717) is 5.69 Å². The standard InChI is InChI=1S/C16H15N3O5/c1-10(15(20)18-11-5-3-2-4-6-11)24-16(21)13-8-7-12(19(22)23)9-14(13)17/h2-10H,17H2,1H3,(H,18,20). The highest BCUT2D eigenvalue weighted by atomic mass is 16.6. The second kappa shape index (κ2) is 7.23. The molecule has 0 aromatic heterocycles. The maximum absolute atomic E-state index is 12.1. The van der Waals surface area contributed by atoms with Crippen LogP contribution in [0.25, 0.3) is 0 Å². The highest BCUT2D eigenvalue weighted by molar-refractivity contribution is 5.99. The minimum atomic E-state index is -1.06. The lowest BCUT2D eigenvalue weighted by atomic mass is 10.1. The van der Waals surface area contributed by atoms with Crippen LogP contribution in [0.1, 0.15) is 17.3 Å². The van der Waals surface area contributed by atoms with Crippen LogP contribution in [-0.4, -0.2) is 22.9 Å². The maximum Gasteiger partial charge on any atom is 0.341 e. The lowest BCUT2D eigenvalue weighted by Crippen LogP contribution is -2.30. The van der Waals surface area contributed by atoms with Gasteiger partial charge >= 0.3 is 5.97 Å². The molecule has 0 saturated heterocycles. The average Bonchev–Trinajstić information content (AvgIpc) is 2.55. The zero-order chi connectivity index (χ0) is 17.7. The maximum atomic E-state index is 12.1. The van der Waals surface area contributed by atoms with Crippen molar-refractivity contribution in [3.05, 3.63) is 64.2 Å². The lowest BCUT2D eigenvalue weighted by Gasteiger charge is -2.14. The molecular weight excluding hydrogens is 314 g/mol. The molecule has 1 unspecified atom stereocenters. The largest absolute Gasteiger partial charge is 0.449 e. The Labute approximate surface area is 137 Å². The molecular formula is C16H15N3O5. The monoisotopic (exact) mass is 329 g/mol. The Morgan fingerprint density at radius 1 is 1.21 bits per heavy atom. The SMILES string of the molecule is CC(OC(=O)c1ccc([N+](=O)[O-])cc1N)C(=O)Nc1ccccc1. The van der Waals surface area contributed by atoms with Crippen molar-refractivity contribution in [2.24, 2.45) is 0 Å². The van der Waals surface area contributed by atoms with Gasteiger partial charge in [0.25, 0.3) is 11.6 Å². The molecule has 0 saturated carbocycles. The van der Waals surface area contributed by atoms with Gasteiger partial charge in [-0.25, -0.2) is 4.79 Å². The number of nitrogens with zero attached hydrogens (tertiary/aromatic N) is 1. The van der Waals surface area contributed by atoms with Crippen LogP contribution in [-0.2, 0) is 9.53 Å². The third kappa shape index (κ3) is 4.07. The molecule has 2 aromatic carbocycles. The van der Waals surface area contributed by atoms with E-state index < -0.39 is 22.9 Å². The molecule has 3 N–H and O–H groups in total. The number of nitrogens with one attached hydrogen (secondary N) is 1. The first-order valence-electron chi connectivity index (χ1n) is 6.99. The Morgan fingerprint density at radius 2 is 1.88 bits per heavy atom. The Hall–Kier alpha value is -3.42. The van der Waals surface area contributed by atoms with Crippen LogP contribution in [0.15, 0.2) is 48.5 Å². The highest BCUT2D eigenvalue weighted by Crippen LogP contribution is 2.21. The van der Waals surface area contributed by atoms with E-state index in [1.807, 2.05) is 0 Å². The van der Waals surface area contributed by atoms with Crippen molar-refractivity contribution < 1.29 is 19.2 Å². The smallest absolute Gasteiger partial charge is 0.341 e. The van der Waals surface area contributed by atoms with Crippen molar-refractivity contribution in [2.75, 3.05) is 11.1 Å². The number of nitrogen functional groups attached to an aromatic ring is 1. The number of anilines is 2. The van der Waals surface area contributed by atoms with Crippen molar-refractivity contribution in [1.82, 2.24) is 0 Å². The number of nitro groups is 1. The number of para-hydroxylation sites is 1. The Kier molecular flexibility index (Phi) is 5.10. The molecule has 0 aliphatic rings. The zero-order valence-electron chi connectivity index (χ0n) is 12.8. The molecule has 0 radical (unpaired) electrons. The zero-order valence-corrected chi connectivity index (χ0v) is 12.8. The van der Waals surface area contributed by atoms with Gasteiger partial charge in [0.15, 0.2) is 6.10 Å². The molecule has 2 aromatic rings. The van der Waals surface area contributed by atoms with Gasteiger partial charge in [-0.05, 0) is 25.1 Å². The number of esters is 1. The fourth-order valence-corrected chi connectivity index (χ4v) is 1.89. The minimum absolute atomic E-state index is 0.0417. The van der Waals surface area contributed by atoms with E-state index in [-0.39, 0.29) is 16.9 Å². The Bertz CT molecular complexity index is 777. The van der Waals surface area contributed by atoms with Crippen LogP contribution in [0.2, 0.25) is 0 Å². The molecule has 0 spiro atoms. The lowest BCUT2D eigenvalue weighted by molar-refractivity contribution is -0.384. The van der Waals surface area contributed by atoms with E-state index in [0.717, 1.165) is 12.1 Å². The number of nitro benzene ring substituents is 1. The Morgan fingerprint density at radius 3 is 2.46 bits per heavy atom. The highest BCUT2D eigenvalue weighted by Gasteiger charge is 2.21. The predicted molar refractivity (Wildman–Crippen MR) is 87.5 cm³/mol. The van der Waals surface area contributed by atoms with E-state index in [9.17, 15) is 19.7 Å². The third-order valence-electron chi connectivity index (χ3n) is 3.16. The molecule has 24 heavy (non-hydrogen) atoms. The van der Waals surface area contributed by atoms with Crippen LogP contribution in [0.3, 0.4) is 0 Å². The van der Waals surface area contributed by atoms with Crippen molar-refractivity contribution >= 4 is 28.9 Å². The van der Waals surface area contributed by atoms with Gasteiger partial charge in [0.1, 0.15) is 0 Å². The molecule has 1 amide bonds. The number of carbonyl (C=O) groups is 2. The summed E-state index contributed by atoms with van der Waals surface area (Å²) in [5.41, 5.74) is 5.83. The molecule has 8 heteroatoms. The number of amides is 1. The normalized spacial score (nSPS) is 11.4. The first-order valence-corrected chi connectivity index (χ1v) is 6.99. The van der Waals surface area contributed by atoms with Gasteiger partial charge in [-0.15, -0.1) is 0 Å². The van der Waals surface area contributed by atoms with Crippen molar-refractivity contribution in [3.8, 4) is 0 Å². The minimum Gasteiger partial charge on any atom is -0.449 e. The van der Waals surface area contributed by atoms with Gasteiger partial charge in [0.05, 0.1) is 16.2 Å². The van der Waals surface area contributed by atoms with Crippen molar-refractivity contribution in [2.45, 2.75) is 13.0 Å². The first-order chi connectivity index (χ1) is 11.4. The number of nitrogens with two attached hydrogens (primary N) is 1. The second-order valence-electron chi connectivity index (χ2n) is 4.93. The van der Waals surface area contributed by atoms with Gasteiger partial charge in [0.2, 0.25) is 0 Å². The van der Waals surface area contributed by atoms with Crippen LogP contribution < -0.4 is 11.1 Å². The van der Waals surface area contributed by atoms with E-state index in [4.69, 9.17) is 10.5 Å². The van der Waals surface area contributed by atoms with Crippen LogP contribution in [0, 0.1) is 10.1 Å². The summed E-state index contributed by atoms with van der Waals surface area (Å²) < 4.78 is 5.05. The summed E-state index contributed by atoms with van der Waals surface area (Å²) in [7, 11) is 0. The summed E-state index contributed by atoms with van der Waals surface area (Å²) >= 11 is 0. The first kappa shape index (κ1) is 16.9. The molecule has 0 aliphatic carbocycles.